The molecule has 1 aliphatic heterocycles. The molecule has 1 amide bonds. The zero-order chi connectivity index (χ0) is 21.1. The molecular formula is C21H22ClN5O3. The molecular weight excluding hydrogens is 406 g/mol. The molecule has 1 N–H and O–H groups in total. The molecule has 0 spiro atoms. The Morgan fingerprint density at radius 2 is 1.93 bits per heavy atom. The monoisotopic (exact) mass is 427 g/mol. The molecule has 1 aromatic carbocycles. The number of hydrogen-bond donors (Lipinski definition) is 1. The van der Waals surface area contributed by atoms with Gasteiger partial charge in [-0.1, -0.05) is 36.2 Å². The van der Waals surface area contributed by atoms with Gasteiger partial charge >= 0.3 is 5.69 Å². The van der Waals surface area contributed by atoms with Crippen LogP contribution in [0.1, 0.15) is 30.7 Å². The molecule has 8 nitrogen and oxygen atoms in total. The molecule has 3 heterocycles. The molecule has 30 heavy (non-hydrogen) atoms. The number of pyridine rings is 1. The predicted octanol–water partition coefficient (Wildman–Crippen LogP) is 2.27. The molecule has 156 valence electrons. The summed E-state index contributed by atoms with van der Waals surface area (Å²) in [6.45, 7) is 0.751. The molecule has 0 bridgehead atoms. The maximum Gasteiger partial charge on any atom is 0.346 e. The number of amides is 1. The van der Waals surface area contributed by atoms with E-state index in [0.717, 1.165) is 37.1 Å². The van der Waals surface area contributed by atoms with Crippen LogP contribution in [-0.4, -0.2) is 24.8 Å². The SMILES string of the molecule is O=C(Cn1nc2n(c1=O)CCCCC2)Nc1ccc(=O)n(Cc2ccccc2Cl)c1. The second kappa shape index (κ2) is 8.71. The number of fused-ring (bicyclic) bond motifs is 1. The molecule has 0 atom stereocenters. The number of carbonyl (C=O) groups is 1. The maximum atomic E-state index is 12.5. The summed E-state index contributed by atoms with van der Waals surface area (Å²) >= 11 is 6.18. The number of anilines is 1. The number of carbonyl (C=O) groups excluding carboxylic acids is 1. The van der Waals surface area contributed by atoms with E-state index >= 15 is 0 Å². The minimum Gasteiger partial charge on any atom is -0.323 e. The first-order valence-corrected chi connectivity index (χ1v) is 10.3. The van der Waals surface area contributed by atoms with Gasteiger partial charge in [0, 0.05) is 30.3 Å². The number of halogens is 1. The number of benzene rings is 1. The third-order valence-corrected chi connectivity index (χ3v) is 5.51. The quantitative estimate of drug-likeness (QED) is 0.676. The molecule has 1 aliphatic rings. The van der Waals surface area contributed by atoms with Gasteiger partial charge in [0.25, 0.3) is 5.56 Å². The van der Waals surface area contributed by atoms with Gasteiger partial charge < -0.3 is 9.88 Å². The van der Waals surface area contributed by atoms with Gasteiger partial charge in [-0.05, 0) is 30.5 Å². The second-order valence-electron chi connectivity index (χ2n) is 7.34. The zero-order valence-electron chi connectivity index (χ0n) is 16.4. The Kier molecular flexibility index (Phi) is 5.85. The Morgan fingerprint density at radius 3 is 2.77 bits per heavy atom. The first kappa shape index (κ1) is 20.2. The molecule has 0 unspecified atom stereocenters. The summed E-state index contributed by atoms with van der Waals surface area (Å²) in [4.78, 5) is 37.2. The van der Waals surface area contributed by atoms with Crippen LogP contribution in [0, 0.1) is 0 Å². The van der Waals surface area contributed by atoms with Crippen LogP contribution in [-0.2, 0) is 30.8 Å². The Labute approximate surface area is 177 Å². The molecule has 2 aromatic heterocycles. The van der Waals surface area contributed by atoms with E-state index in [1.165, 1.54) is 21.4 Å². The van der Waals surface area contributed by atoms with Crippen molar-refractivity contribution in [3.8, 4) is 0 Å². The standard InChI is InChI=1S/C21H22ClN5O3/c22-17-7-4-3-6-15(17)12-25-13-16(9-10-20(25)29)23-19(28)14-27-21(30)26-11-5-1-2-8-18(26)24-27/h3-4,6-7,9-10,13H,1-2,5,8,11-12,14H2,(H,23,28). The number of aromatic nitrogens is 4. The van der Waals surface area contributed by atoms with E-state index in [0.29, 0.717) is 17.3 Å². The molecule has 9 heteroatoms. The van der Waals surface area contributed by atoms with Gasteiger partial charge in [0.2, 0.25) is 5.91 Å². The van der Waals surface area contributed by atoms with Crippen LogP contribution in [0.25, 0.3) is 0 Å². The summed E-state index contributed by atoms with van der Waals surface area (Å²) < 4.78 is 4.33. The first-order chi connectivity index (χ1) is 14.5. The molecule has 0 aliphatic carbocycles. The van der Waals surface area contributed by atoms with Gasteiger partial charge in [-0.15, -0.1) is 0 Å². The van der Waals surface area contributed by atoms with Crippen molar-refractivity contribution in [1.82, 2.24) is 18.9 Å². The van der Waals surface area contributed by atoms with E-state index < -0.39 is 0 Å². The third-order valence-electron chi connectivity index (χ3n) is 5.14. The lowest BCUT2D eigenvalue weighted by Crippen LogP contribution is -2.30. The fraction of sp³-hybridized carbons (Fsp3) is 0.333. The summed E-state index contributed by atoms with van der Waals surface area (Å²) in [6, 6.07) is 10.2. The van der Waals surface area contributed by atoms with Crippen molar-refractivity contribution >= 4 is 23.2 Å². The molecule has 0 saturated carbocycles. The van der Waals surface area contributed by atoms with Gasteiger partial charge in [-0.3, -0.25) is 14.2 Å². The van der Waals surface area contributed by atoms with Gasteiger partial charge in [0.15, 0.2) is 0 Å². The first-order valence-electron chi connectivity index (χ1n) is 9.91. The lowest BCUT2D eigenvalue weighted by Gasteiger charge is -2.10. The predicted molar refractivity (Wildman–Crippen MR) is 114 cm³/mol. The van der Waals surface area contributed by atoms with Crippen molar-refractivity contribution < 1.29 is 4.79 Å². The number of aryl methyl sites for hydroxylation is 1. The van der Waals surface area contributed by atoms with E-state index in [4.69, 9.17) is 11.6 Å². The summed E-state index contributed by atoms with van der Waals surface area (Å²) in [6.07, 6.45) is 5.33. The van der Waals surface area contributed by atoms with Gasteiger partial charge in [-0.25, -0.2) is 9.48 Å². The molecule has 0 saturated heterocycles. The van der Waals surface area contributed by atoms with Crippen LogP contribution in [0.15, 0.2) is 52.2 Å². The average Bonchev–Trinajstić information content (AvgIpc) is 2.88. The van der Waals surface area contributed by atoms with Crippen molar-refractivity contribution in [2.75, 3.05) is 5.32 Å². The lowest BCUT2D eigenvalue weighted by molar-refractivity contribution is -0.117. The zero-order valence-corrected chi connectivity index (χ0v) is 17.1. The highest BCUT2D eigenvalue weighted by Gasteiger charge is 2.17. The minimum absolute atomic E-state index is 0.178. The Balaban J connectivity index is 1.48. The van der Waals surface area contributed by atoms with E-state index in [1.807, 2.05) is 18.2 Å². The number of rotatable bonds is 5. The molecule has 0 radical (unpaired) electrons. The third kappa shape index (κ3) is 4.38. The fourth-order valence-corrected chi connectivity index (χ4v) is 3.80. The van der Waals surface area contributed by atoms with Crippen molar-refractivity contribution in [2.24, 2.45) is 0 Å². The molecule has 4 rings (SSSR count). The fourth-order valence-electron chi connectivity index (χ4n) is 3.60. The van der Waals surface area contributed by atoms with Crippen LogP contribution in [0.3, 0.4) is 0 Å². The van der Waals surface area contributed by atoms with E-state index in [1.54, 1.807) is 16.8 Å². The summed E-state index contributed by atoms with van der Waals surface area (Å²) in [7, 11) is 0. The highest BCUT2D eigenvalue weighted by molar-refractivity contribution is 6.31. The second-order valence-corrected chi connectivity index (χ2v) is 7.75. The summed E-state index contributed by atoms with van der Waals surface area (Å²) in [5.74, 6) is 0.354. The van der Waals surface area contributed by atoms with E-state index in [-0.39, 0.29) is 30.2 Å². The van der Waals surface area contributed by atoms with Gasteiger partial charge in [0.1, 0.15) is 12.4 Å². The van der Waals surface area contributed by atoms with Crippen molar-refractivity contribution in [3.05, 3.63) is 79.8 Å². The number of nitrogens with zero attached hydrogens (tertiary/aromatic N) is 4. The lowest BCUT2D eigenvalue weighted by atomic mass is 10.2. The number of hydrogen-bond acceptors (Lipinski definition) is 4. The summed E-state index contributed by atoms with van der Waals surface area (Å²) in [5, 5.41) is 7.63. The van der Waals surface area contributed by atoms with Crippen LogP contribution >= 0.6 is 11.6 Å². The topological polar surface area (TPSA) is 90.9 Å². The Hall–Kier alpha value is -3.13. The molecule has 0 fully saturated rings. The average molecular weight is 428 g/mol. The smallest absolute Gasteiger partial charge is 0.323 e. The van der Waals surface area contributed by atoms with E-state index in [2.05, 4.69) is 10.4 Å². The van der Waals surface area contributed by atoms with Crippen LogP contribution in [0.5, 0.6) is 0 Å². The summed E-state index contributed by atoms with van der Waals surface area (Å²) in [5.41, 5.74) is 0.795. The Bertz CT molecular complexity index is 1190. The highest BCUT2D eigenvalue weighted by Crippen LogP contribution is 2.16. The van der Waals surface area contributed by atoms with Crippen LogP contribution in [0.4, 0.5) is 5.69 Å². The minimum atomic E-state index is -0.381. The van der Waals surface area contributed by atoms with Crippen molar-refractivity contribution in [3.63, 3.8) is 0 Å². The van der Waals surface area contributed by atoms with Crippen molar-refractivity contribution in [2.45, 2.75) is 45.3 Å². The van der Waals surface area contributed by atoms with Gasteiger partial charge in [-0.2, -0.15) is 5.10 Å². The highest BCUT2D eigenvalue weighted by atomic mass is 35.5. The van der Waals surface area contributed by atoms with Crippen LogP contribution < -0.4 is 16.6 Å². The van der Waals surface area contributed by atoms with Crippen molar-refractivity contribution in [1.29, 1.82) is 0 Å². The normalized spacial score (nSPS) is 13.5. The largest absolute Gasteiger partial charge is 0.346 e. The Morgan fingerprint density at radius 1 is 1.10 bits per heavy atom. The molecule has 3 aromatic rings. The van der Waals surface area contributed by atoms with Crippen LogP contribution in [0.2, 0.25) is 5.02 Å². The number of nitrogens with one attached hydrogen (secondary N) is 1. The van der Waals surface area contributed by atoms with E-state index in [9.17, 15) is 14.4 Å². The maximum absolute atomic E-state index is 12.5. The van der Waals surface area contributed by atoms with Gasteiger partial charge in [0.05, 0.1) is 12.2 Å².